The van der Waals surface area contributed by atoms with Gasteiger partial charge in [-0.05, 0) is 25.3 Å². The highest BCUT2D eigenvalue weighted by molar-refractivity contribution is 6.06. The maximum Gasteiger partial charge on any atom is 0.152 e. The highest BCUT2D eigenvalue weighted by Crippen LogP contribution is 2.36. The van der Waals surface area contributed by atoms with Crippen molar-refractivity contribution in [3.8, 4) is 0 Å². The highest BCUT2D eigenvalue weighted by Gasteiger charge is 2.36. The molecule has 1 aromatic carbocycles. The van der Waals surface area contributed by atoms with Crippen LogP contribution in [0.25, 0.3) is 21.9 Å². The molecule has 0 spiro atoms. The average Bonchev–Trinajstić information content (AvgIpc) is 2.91. The number of nitrogens with one attached hydrogen (secondary N) is 1. The van der Waals surface area contributed by atoms with E-state index in [1.807, 2.05) is 24.3 Å². The summed E-state index contributed by atoms with van der Waals surface area (Å²) in [6.07, 6.45) is 2.67. The number of nitrogens with zero attached hydrogens (tertiary/aromatic N) is 3. The predicted molar refractivity (Wildman–Crippen MR) is 92.1 cm³/mol. The van der Waals surface area contributed by atoms with Crippen LogP contribution in [0.2, 0.25) is 0 Å². The second-order valence-electron chi connectivity index (χ2n) is 6.43. The van der Waals surface area contributed by atoms with Crippen molar-refractivity contribution in [3.05, 3.63) is 30.1 Å². The van der Waals surface area contributed by atoms with Crippen LogP contribution in [0.1, 0.15) is 25.1 Å². The van der Waals surface area contributed by atoms with Crippen LogP contribution in [0, 0.1) is 0 Å². The van der Waals surface area contributed by atoms with E-state index in [1.54, 1.807) is 7.11 Å². The minimum atomic E-state index is -0.672. The zero-order valence-corrected chi connectivity index (χ0v) is 13.6. The van der Waals surface area contributed by atoms with Gasteiger partial charge in [0, 0.05) is 5.39 Å². The first kappa shape index (κ1) is 15.3. The molecule has 0 atom stereocenters. The molecule has 0 saturated heterocycles. The molecule has 2 aromatic heterocycles. The first-order chi connectivity index (χ1) is 11.6. The number of nitrogens with two attached hydrogens (primary N) is 1. The van der Waals surface area contributed by atoms with E-state index in [1.165, 1.54) is 0 Å². The molecule has 4 rings (SSSR count). The Labute approximate surface area is 139 Å². The Balaban J connectivity index is 1.96. The maximum atomic E-state index is 10.7. The standard InChI is InChI=1S/C17H21N5O2/c1-24-19-9-13-21-14-15(22(13)10-17(23)7-4-8-17)11-5-2-3-6-12(11)20-16(14)18/h2-3,5-6,19,23H,4,7-10H2,1H3,(H2,18,20). The molecule has 7 nitrogen and oxygen atoms in total. The van der Waals surface area contributed by atoms with E-state index in [0.29, 0.717) is 24.4 Å². The number of hydroxylamine groups is 1. The van der Waals surface area contributed by atoms with Gasteiger partial charge in [0.1, 0.15) is 11.3 Å². The number of anilines is 1. The van der Waals surface area contributed by atoms with Gasteiger partial charge in [0.05, 0.1) is 36.8 Å². The van der Waals surface area contributed by atoms with Crippen LogP contribution < -0.4 is 11.2 Å². The molecule has 1 fully saturated rings. The number of hydrogen-bond donors (Lipinski definition) is 3. The van der Waals surface area contributed by atoms with Gasteiger partial charge in [0.2, 0.25) is 0 Å². The zero-order valence-electron chi connectivity index (χ0n) is 13.6. The molecule has 0 amide bonds. The summed E-state index contributed by atoms with van der Waals surface area (Å²) in [5.74, 6) is 1.18. The summed E-state index contributed by atoms with van der Waals surface area (Å²) in [5.41, 5.74) is 10.7. The molecule has 1 aliphatic carbocycles. The fraction of sp³-hybridized carbons (Fsp3) is 0.412. The van der Waals surface area contributed by atoms with Crippen molar-refractivity contribution in [1.82, 2.24) is 20.0 Å². The van der Waals surface area contributed by atoms with Gasteiger partial charge < -0.3 is 20.2 Å². The van der Waals surface area contributed by atoms with Crippen LogP contribution in [0.5, 0.6) is 0 Å². The minimum absolute atomic E-state index is 0.404. The summed E-state index contributed by atoms with van der Waals surface area (Å²) >= 11 is 0. The summed E-state index contributed by atoms with van der Waals surface area (Å²) in [6, 6.07) is 7.87. The number of aromatic nitrogens is 3. The normalized spacial score (nSPS) is 16.6. The Hall–Kier alpha value is -2.22. The molecule has 7 heteroatoms. The van der Waals surface area contributed by atoms with Gasteiger partial charge in [-0.25, -0.2) is 9.97 Å². The lowest BCUT2D eigenvalue weighted by Gasteiger charge is -2.37. The number of nitrogen functional groups attached to an aromatic ring is 1. The second-order valence-corrected chi connectivity index (χ2v) is 6.43. The quantitative estimate of drug-likeness (QED) is 0.617. The molecular weight excluding hydrogens is 306 g/mol. The van der Waals surface area contributed by atoms with Gasteiger partial charge in [0.15, 0.2) is 5.82 Å². The topological polar surface area (TPSA) is 98.2 Å². The Morgan fingerprint density at radius 2 is 2.12 bits per heavy atom. The van der Waals surface area contributed by atoms with Gasteiger partial charge >= 0.3 is 0 Å². The van der Waals surface area contributed by atoms with Gasteiger partial charge in [-0.1, -0.05) is 18.2 Å². The van der Waals surface area contributed by atoms with Crippen LogP contribution in [0.15, 0.2) is 24.3 Å². The third kappa shape index (κ3) is 2.41. The van der Waals surface area contributed by atoms with Crippen molar-refractivity contribution in [2.45, 2.75) is 38.0 Å². The molecule has 0 aliphatic heterocycles. The molecule has 1 saturated carbocycles. The van der Waals surface area contributed by atoms with E-state index in [9.17, 15) is 5.11 Å². The van der Waals surface area contributed by atoms with E-state index in [-0.39, 0.29) is 0 Å². The smallest absolute Gasteiger partial charge is 0.152 e. The van der Waals surface area contributed by atoms with Gasteiger partial charge in [-0.15, -0.1) is 0 Å². The molecular formula is C17H21N5O2. The first-order valence-corrected chi connectivity index (χ1v) is 8.13. The maximum absolute atomic E-state index is 10.7. The fourth-order valence-corrected chi connectivity index (χ4v) is 3.38. The number of pyridine rings is 1. The average molecular weight is 327 g/mol. The monoisotopic (exact) mass is 327 g/mol. The van der Waals surface area contributed by atoms with Crippen LogP contribution in [0.3, 0.4) is 0 Å². The van der Waals surface area contributed by atoms with Crippen molar-refractivity contribution in [2.75, 3.05) is 12.8 Å². The van der Waals surface area contributed by atoms with Crippen molar-refractivity contribution in [2.24, 2.45) is 0 Å². The van der Waals surface area contributed by atoms with Gasteiger partial charge in [0.25, 0.3) is 0 Å². The predicted octanol–water partition coefficient (Wildman–Crippen LogP) is 1.73. The zero-order chi connectivity index (χ0) is 16.7. The van der Waals surface area contributed by atoms with Crippen LogP contribution in [0.4, 0.5) is 5.82 Å². The number of hydrogen-bond acceptors (Lipinski definition) is 6. The number of fused-ring (bicyclic) bond motifs is 3. The van der Waals surface area contributed by atoms with E-state index >= 15 is 0 Å². The summed E-state index contributed by atoms with van der Waals surface area (Å²) in [7, 11) is 1.57. The Morgan fingerprint density at radius 3 is 2.83 bits per heavy atom. The summed E-state index contributed by atoms with van der Waals surface area (Å²) < 4.78 is 2.06. The largest absolute Gasteiger partial charge is 0.388 e. The first-order valence-electron chi connectivity index (χ1n) is 8.13. The third-order valence-electron chi connectivity index (χ3n) is 4.80. The molecule has 3 aromatic rings. The van der Waals surface area contributed by atoms with Crippen molar-refractivity contribution < 1.29 is 9.94 Å². The molecule has 2 heterocycles. The number of aliphatic hydroxyl groups is 1. The van der Waals surface area contributed by atoms with Crippen LogP contribution in [-0.2, 0) is 17.9 Å². The summed E-state index contributed by atoms with van der Waals surface area (Å²) in [4.78, 5) is 14.1. The Morgan fingerprint density at radius 1 is 1.33 bits per heavy atom. The molecule has 4 N–H and O–H groups in total. The van der Waals surface area contributed by atoms with E-state index in [4.69, 9.17) is 10.6 Å². The van der Waals surface area contributed by atoms with E-state index in [0.717, 1.165) is 41.5 Å². The molecule has 126 valence electrons. The van der Waals surface area contributed by atoms with Crippen LogP contribution >= 0.6 is 0 Å². The van der Waals surface area contributed by atoms with Gasteiger partial charge in [-0.2, -0.15) is 5.48 Å². The summed E-state index contributed by atoms with van der Waals surface area (Å²) in [6.45, 7) is 0.923. The SMILES string of the molecule is CONCc1nc2c(N)nc3ccccc3c2n1CC1(O)CCC1. The highest BCUT2D eigenvalue weighted by atomic mass is 16.6. The van der Waals surface area contributed by atoms with Crippen LogP contribution in [-0.4, -0.2) is 32.4 Å². The fourth-order valence-electron chi connectivity index (χ4n) is 3.38. The molecule has 0 bridgehead atoms. The molecule has 0 unspecified atom stereocenters. The Bertz CT molecular complexity index is 901. The number of para-hydroxylation sites is 1. The van der Waals surface area contributed by atoms with Crippen molar-refractivity contribution in [1.29, 1.82) is 0 Å². The van der Waals surface area contributed by atoms with Crippen molar-refractivity contribution in [3.63, 3.8) is 0 Å². The lowest BCUT2D eigenvalue weighted by atomic mass is 9.80. The van der Waals surface area contributed by atoms with E-state index < -0.39 is 5.60 Å². The molecule has 1 aliphatic rings. The number of benzene rings is 1. The Kier molecular flexibility index (Phi) is 3.64. The second kappa shape index (κ2) is 5.70. The van der Waals surface area contributed by atoms with E-state index in [2.05, 4.69) is 20.0 Å². The summed E-state index contributed by atoms with van der Waals surface area (Å²) in [5, 5.41) is 11.7. The third-order valence-corrected chi connectivity index (χ3v) is 4.80. The lowest BCUT2D eigenvalue weighted by Crippen LogP contribution is -2.41. The molecule has 0 radical (unpaired) electrons. The minimum Gasteiger partial charge on any atom is -0.388 e. The molecule has 24 heavy (non-hydrogen) atoms. The number of imidazole rings is 1. The lowest BCUT2D eigenvalue weighted by molar-refractivity contribution is -0.0473. The van der Waals surface area contributed by atoms with Gasteiger partial charge in [-0.3, -0.25) is 0 Å². The van der Waals surface area contributed by atoms with Crippen molar-refractivity contribution >= 4 is 27.8 Å². The number of rotatable bonds is 5.